The van der Waals surface area contributed by atoms with Crippen LogP contribution < -0.4 is 10.5 Å². The number of nitrogen functional groups attached to an aromatic ring is 1. The van der Waals surface area contributed by atoms with Gasteiger partial charge in [0, 0.05) is 34.8 Å². The van der Waals surface area contributed by atoms with Gasteiger partial charge in [-0.3, -0.25) is 4.98 Å². The van der Waals surface area contributed by atoms with Crippen molar-refractivity contribution < 1.29 is 4.74 Å². The standard InChI is InChI=1S/C19H18N2O/c1-14-17(8-5-11-21-14)18-10-9-16(12-19(18)20)22-13-15-6-3-2-4-7-15/h2-12H,13,20H2,1H3. The highest BCUT2D eigenvalue weighted by Gasteiger charge is 2.07. The van der Waals surface area contributed by atoms with Crippen LogP contribution in [-0.4, -0.2) is 4.98 Å². The molecular formula is C19H18N2O. The van der Waals surface area contributed by atoms with E-state index in [0.29, 0.717) is 12.3 Å². The molecule has 0 unspecified atom stereocenters. The lowest BCUT2D eigenvalue weighted by atomic mass is 10.0. The van der Waals surface area contributed by atoms with Gasteiger partial charge in [-0.1, -0.05) is 36.4 Å². The average Bonchev–Trinajstić information content (AvgIpc) is 2.55. The Bertz CT molecular complexity index is 769. The van der Waals surface area contributed by atoms with E-state index in [9.17, 15) is 0 Å². The number of rotatable bonds is 4. The van der Waals surface area contributed by atoms with E-state index in [-0.39, 0.29) is 0 Å². The lowest BCUT2D eigenvalue weighted by molar-refractivity contribution is 0.306. The largest absolute Gasteiger partial charge is 0.489 e. The van der Waals surface area contributed by atoms with E-state index in [0.717, 1.165) is 28.1 Å². The predicted octanol–water partition coefficient (Wildman–Crippen LogP) is 4.22. The Balaban J connectivity index is 1.79. The number of aryl methyl sites for hydroxylation is 1. The molecule has 0 radical (unpaired) electrons. The van der Waals surface area contributed by atoms with E-state index in [4.69, 9.17) is 10.5 Å². The van der Waals surface area contributed by atoms with E-state index in [1.165, 1.54) is 0 Å². The zero-order valence-corrected chi connectivity index (χ0v) is 12.5. The Kier molecular flexibility index (Phi) is 4.05. The fourth-order valence-electron chi connectivity index (χ4n) is 2.39. The number of benzene rings is 2. The van der Waals surface area contributed by atoms with Gasteiger partial charge in [-0.25, -0.2) is 0 Å². The van der Waals surface area contributed by atoms with E-state index in [2.05, 4.69) is 4.98 Å². The second kappa shape index (κ2) is 6.31. The van der Waals surface area contributed by atoms with Gasteiger partial charge in [0.1, 0.15) is 12.4 Å². The number of aromatic nitrogens is 1. The van der Waals surface area contributed by atoms with Gasteiger partial charge in [0.2, 0.25) is 0 Å². The highest BCUT2D eigenvalue weighted by Crippen LogP contribution is 2.30. The van der Waals surface area contributed by atoms with E-state index in [1.807, 2.05) is 67.6 Å². The number of nitrogens with zero attached hydrogens (tertiary/aromatic N) is 1. The van der Waals surface area contributed by atoms with Crippen molar-refractivity contribution in [2.75, 3.05) is 5.73 Å². The maximum absolute atomic E-state index is 6.18. The van der Waals surface area contributed by atoms with Gasteiger partial charge in [0.15, 0.2) is 0 Å². The molecule has 0 fully saturated rings. The van der Waals surface area contributed by atoms with Crippen molar-refractivity contribution in [3.8, 4) is 16.9 Å². The summed E-state index contributed by atoms with van der Waals surface area (Å²) in [5.41, 5.74) is 11.0. The fraction of sp³-hybridized carbons (Fsp3) is 0.105. The Hall–Kier alpha value is -2.81. The van der Waals surface area contributed by atoms with Gasteiger partial charge in [-0.15, -0.1) is 0 Å². The first-order valence-corrected chi connectivity index (χ1v) is 7.22. The molecule has 0 amide bonds. The SMILES string of the molecule is Cc1ncccc1-c1ccc(OCc2ccccc2)cc1N. The van der Waals surface area contributed by atoms with Crippen LogP contribution in [0.1, 0.15) is 11.3 Å². The number of nitrogens with two attached hydrogens (primary N) is 1. The monoisotopic (exact) mass is 290 g/mol. The molecule has 110 valence electrons. The summed E-state index contributed by atoms with van der Waals surface area (Å²) in [5, 5.41) is 0. The Morgan fingerprint density at radius 2 is 1.77 bits per heavy atom. The maximum Gasteiger partial charge on any atom is 0.121 e. The molecule has 0 aliphatic heterocycles. The van der Waals surface area contributed by atoms with Crippen LogP contribution in [0.15, 0.2) is 66.9 Å². The predicted molar refractivity (Wildman–Crippen MR) is 89.6 cm³/mol. The summed E-state index contributed by atoms with van der Waals surface area (Å²) in [6, 6.07) is 19.8. The molecule has 0 aliphatic rings. The minimum Gasteiger partial charge on any atom is -0.489 e. The summed E-state index contributed by atoms with van der Waals surface area (Å²) in [4.78, 5) is 4.31. The maximum atomic E-state index is 6.18. The van der Waals surface area contributed by atoms with Crippen molar-refractivity contribution >= 4 is 5.69 Å². The van der Waals surface area contributed by atoms with Crippen LogP contribution in [0.5, 0.6) is 5.75 Å². The molecule has 3 nitrogen and oxygen atoms in total. The molecule has 0 spiro atoms. The van der Waals surface area contributed by atoms with Crippen LogP contribution in [0.25, 0.3) is 11.1 Å². The van der Waals surface area contributed by atoms with Crippen molar-refractivity contribution in [1.82, 2.24) is 4.98 Å². The minimum absolute atomic E-state index is 0.533. The molecule has 1 aromatic heterocycles. The van der Waals surface area contributed by atoms with Crippen LogP contribution in [-0.2, 0) is 6.61 Å². The highest BCUT2D eigenvalue weighted by molar-refractivity contribution is 5.78. The van der Waals surface area contributed by atoms with Crippen molar-refractivity contribution in [3.63, 3.8) is 0 Å². The van der Waals surface area contributed by atoms with Crippen LogP contribution in [0.3, 0.4) is 0 Å². The first kappa shape index (κ1) is 14.1. The third-order valence-electron chi connectivity index (χ3n) is 3.57. The van der Waals surface area contributed by atoms with Crippen LogP contribution in [0, 0.1) is 6.92 Å². The van der Waals surface area contributed by atoms with E-state index >= 15 is 0 Å². The normalized spacial score (nSPS) is 10.4. The second-order valence-corrected chi connectivity index (χ2v) is 5.16. The minimum atomic E-state index is 0.533. The molecule has 0 aliphatic carbocycles. The number of hydrogen-bond acceptors (Lipinski definition) is 3. The molecule has 0 saturated heterocycles. The smallest absolute Gasteiger partial charge is 0.121 e. The molecule has 2 N–H and O–H groups in total. The van der Waals surface area contributed by atoms with Crippen LogP contribution >= 0.6 is 0 Å². The molecule has 22 heavy (non-hydrogen) atoms. The molecule has 0 bridgehead atoms. The quantitative estimate of drug-likeness (QED) is 0.732. The van der Waals surface area contributed by atoms with Crippen molar-refractivity contribution in [2.24, 2.45) is 0 Å². The molecule has 2 aromatic carbocycles. The summed E-state index contributed by atoms with van der Waals surface area (Å²) < 4.78 is 5.80. The third kappa shape index (κ3) is 3.09. The zero-order valence-electron chi connectivity index (χ0n) is 12.5. The zero-order chi connectivity index (χ0) is 15.4. The second-order valence-electron chi connectivity index (χ2n) is 5.16. The van der Waals surface area contributed by atoms with Gasteiger partial charge >= 0.3 is 0 Å². The summed E-state index contributed by atoms with van der Waals surface area (Å²) >= 11 is 0. The first-order valence-electron chi connectivity index (χ1n) is 7.22. The van der Waals surface area contributed by atoms with Gasteiger partial charge in [0.25, 0.3) is 0 Å². The molecule has 3 aromatic rings. The van der Waals surface area contributed by atoms with Crippen LogP contribution in [0.4, 0.5) is 5.69 Å². The summed E-state index contributed by atoms with van der Waals surface area (Å²) in [7, 11) is 0. The molecular weight excluding hydrogens is 272 g/mol. The fourth-order valence-corrected chi connectivity index (χ4v) is 2.39. The Morgan fingerprint density at radius 1 is 0.955 bits per heavy atom. The van der Waals surface area contributed by atoms with Gasteiger partial charge in [-0.2, -0.15) is 0 Å². The van der Waals surface area contributed by atoms with Crippen molar-refractivity contribution in [1.29, 1.82) is 0 Å². The molecule has 3 heteroatoms. The number of ether oxygens (including phenoxy) is 1. The summed E-state index contributed by atoms with van der Waals surface area (Å²) in [6.07, 6.45) is 1.78. The summed E-state index contributed by atoms with van der Waals surface area (Å²) in [5.74, 6) is 0.770. The number of hydrogen-bond donors (Lipinski definition) is 1. The van der Waals surface area contributed by atoms with E-state index < -0.39 is 0 Å². The molecule has 0 saturated carbocycles. The number of anilines is 1. The lowest BCUT2D eigenvalue weighted by Gasteiger charge is -2.11. The Morgan fingerprint density at radius 3 is 2.50 bits per heavy atom. The van der Waals surface area contributed by atoms with Crippen molar-refractivity contribution in [2.45, 2.75) is 13.5 Å². The van der Waals surface area contributed by atoms with Gasteiger partial charge < -0.3 is 10.5 Å². The van der Waals surface area contributed by atoms with Crippen LogP contribution in [0.2, 0.25) is 0 Å². The van der Waals surface area contributed by atoms with Gasteiger partial charge in [0.05, 0.1) is 0 Å². The molecule has 0 atom stereocenters. The Labute approximate surface area is 130 Å². The molecule has 3 rings (SSSR count). The summed E-state index contributed by atoms with van der Waals surface area (Å²) in [6.45, 7) is 2.51. The molecule has 1 heterocycles. The van der Waals surface area contributed by atoms with Gasteiger partial charge in [-0.05, 0) is 30.7 Å². The highest BCUT2D eigenvalue weighted by atomic mass is 16.5. The first-order chi connectivity index (χ1) is 10.7. The topological polar surface area (TPSA) is 48.1 Å². The number of pyridine rings is 1. The lowest BCUT2D eigenvalue weighted by Crippen LogP contribution is -1.98. The average molecular weight is 290 g/mol. The van der Waals surface area contributed by atoms with Crippen molar-refractivity contribution in [3.05, 3.63) is 78.1 Å². The third-order valence-corrected chi connectivity index (χ3v) is 3.57. The van der Waals surface area contributed by atoms with E-state index in [1.54, 1.807) is 6.20 Å².